The topological polar surface area (TPSA) is 99.2 Å². The lowest BCUT2D eigenvalue weighted by atomic mass is 10.1. The molecule has 138 valence electrons. The van der Waals surface area contributed by atoms with Gasteiger partial charge in [-0.15, -0.1) is 0 Å². The lowest BCUT2D eigenvalue weighted by Gasteiger charge is -2.10. The standard InChI is InChI=1S/C19H17ClN4O3/c1-2-27-14-6-7-16(15(11-14)18(21)25)22-19(26)17-8-9-24(23-17)13-5-3-4-12(20)10-13/h3-11H,2H2,1H3,(H2,21,25)(H,22,26). The zero-order chi connectivity index (χ0) is 19.4. The summed E-state index contributed by atoms with van der Waals surface area (Å²) >= 11 is 5.98. The Balaban J connectivity index is 1.83. The van der Waals surface area contributed by atoms with E-state index in [0.29, 0.717) is 17.4 Å². The number of ether oxygens (including phenoxy) is 1. The van der Waals surface area contributed by atoms with Crippen molar-refractivity contribution >= 4 is 29.1 Å². The van der Waals surface area contributed by atoms with E-state index in [4.69, 9.17) is 22.1 Å². The zero-order valence-electron chi connectivity index (χ0n) is 14.5. The summed E-state index contributed by atoms with van der Waals surface area (Å²) in [6.45, 7) is 2.28. The van der Waals surface area contributed by atoms with Crippen LogP contribution < -0.4 is 15.8 Å². The van der Waals surface area contributed by atoms with E-state index in [1.165, 1.54) is 10.7 Å². The molecule has 0 saturated carbocycles. The van der Waals surface area contributed by atoms with Crippen molar-refractivity contribution in [1.82, 2.24) is 9.78 Å². The second-order valence-corrected chi connectivity index (χ2v) is 6.02. The summed E-state index contributed by atoms with van der Waals surface area (Å²) < 4.78 is 6.89. The number of anilines is 1. The van der Waals surface area contributed by atoms with Crippen LogP contribution in [0.3, 0.4) is 0 Å². The minimum atomic E-state index is -0.670. The van der Waals surface area contributed by atoms with Crippen molar-refractivity contribution in [2.75, 3.05) is 11.9 Å². The van der Waals surface area contributed by atoms with Crippen molar-refractivity contribution in [2.45, 2.75) is 6.92 Å². The van der Waals surface area contributed by atoms with Gasteiger partial charge in [0.15, 0.2) is 5.69 Å². The normalized spacial score (nSPS) is 10.4. The van der Waals surface area contributed by atoms with Crippen molar-refractivity contribution in [3.8, 4) is 11.4 Å². The Hall–Kier alpha value is -3.32. The summed E-state index contributed by atoms with van der Waals surface area (Å²) in [6, 6.07) is 13.4. The number of carbonyl (C=O) groups excluding carboxylic acids is 2. The first kappa shape index (κ1) is 18.5. The highest BCUT2D eigenvalue weighted by Gasteiger charge is 2.16. The van der Waals surface area contributed by atoms with Crippen LogP contribution in [0.1, 0.15) is 27.8 Å². The molecule has 0 unspecified atom stereocenters. The average Bonchev–Trinajstić information content (AvgIpc) is 3.13. The molecule has 0 saturated heterocycles. The third-order valence-corrected chi connectivity index (χ3v) is 3.95. The summed E-state index contributed by atoms with van der Waals surface area (Å²) in [7, 11) is 0. The molecule has 2 amide bonds. The van der Waals surface area contributed by atoms with Gasteiger partial charge in [0.2, 0.25) is 0 Å². The molecule has 0 aliphatic carbocycles. The predicted molar refractivity (Wildman–Crippen MR) is 103 cm³/mol. The summed E-state index contributed by atoms with van der Waals surface area (Å²) in [5, 5.41) is 7.47. The fourth-order valence-corrected chi connectivity index (χ4v) is 2.67. The van der Waals surface area contributed by atoms with Crippen molar-refractivity contribution in [2.24, 2.45) is 5.73 Å². The molecule has 1 aromatic heterocycles. The van der Waals surface area contributed by atoms with Crippen molar-refractivity contribution < 1.29 is 14.3 Å². The summed E-state index contributed by atoms with van der Waals surface area (Å²) in [5.74, 6) is -0.645. The van der Waals surface area contributed by atoms with Crippen LogP contribution in [0, 0.1) is 0 Å². The monoisotopic (exact) mass is 384 g/mol. The molecule has 0 spiro atoms. The molecule has 0 fully saturated rings. The average molecular weight is 385 g/mol. The molecule has 3 rings (SSSR count). The molecule has 7 nitrogen and oxygen atoms in total. The molecule has 1 heterocycles. The Morgan fingerprint density at radius 3 is 2.74 bits per heavy atom. The minimum absolute atomic E-state index is 0.156. The quantitative estimate of drug-likeness (QED) is 0.681. The third kappa shape index (κ3) is 4.27. The molecular formula is C19H17ClN4O3. The number of nitrogens with zero attached hydrogens (tertiary/aromatic N) is 2. The number of nitrogens with two attached hydrogens (primary N) is 1. The van der Waals surface area contributed by atoms with Crippen LogP contribution in [-0.2, 0) is 0 Å². The molecule has 8 heteroatoms. The molecule has 0 aliphatic heterocycles. The fraction of sp³-hybridized carbons (Fsp3) is 0.105. The number of benzene rings is 2. The van der Waals surface area contributed by atoms with Gasteiger partial charge in [0.1, 0.15) is 5.75 Å². The van der Waals surface area contributed by atoms with E-state index in [-0.39, 0.29) is 16.9 Å². The molecule has 3 aromatic rings. The Labute approximate surface area is 160 Å². The van der Waals surface area contributed by atoms with E-state index in [9.17, 15) is 9.59 Å². The zero-order valence-corrected chi connectivity index (χ0v) is 15.2. The summed E-state index contributed by atoms with van der Waals surface area (Å²) in [6.07, 6.45) is 1.65. The molecular weight excluding hydrogens is 368 g/mol. The maximum absolute atomic E-state index is 12.5. The largest absolute Gasteiger partial charge is 0.494 e. The van der Waals surface area contributed by atoms with Gasteiger partial charge in [0, 0.05) is 11.2 Å². The molecule has 0 radical (unpaired) electrons. The van der Waals surface area contributed by atoms with Crippen LogP contribution in [0.5, 0.6) is 5.75 Å². The van der Waals surface area contributed by atoms with Crippen LogP contribution in [-0.4, -0.2) is 28.2 Å². The van der Waals surface area contributed by atoms with E-state index in [1.807, 2.05) is 13.0 Å². The number of primary amides is 1. The fourth-order valence-electron chi connectivity index (χ4n) is 2.49. The number of hydrogen-bond acceptors (Lipinski definition) is 4. The number of hydrogen-bond donors (Lipinski definition) is 2. The number of amides is 2. The smallest absolute Gasteiger partial charge is 0.276 e. The van der Waals surface area contributed by atoms with Gasteiger partial charge in [0.25, 0.3) is 11.8 Å². The maximum Gasteiger partial charge on any atom is 0.276 e. The second-order valence-electron chi connectivity index (χ2n) is 5.58. The van der Waals surface area contributed by atoms with Crippen LogP contribution in [0.4, 0.5) is 5.69 Å². The molecule has 0 bridgehead atoms. The molecule has 0 aliphatic rings. The van der Waals surface area contributed by atoms with E-state index in [0.717, 1.165) is 5.69 Å². The second kappa shape index (κ2) is 7.92. The Morgan fingerprint density at radius 1 is 1.22 bits per heavy atom. The Bertz CT molecular complexity index is 1000. The van der Waals surface area contributed by atoms with Gasteiger partial charge in [-0.2, -0.15) is 5.10 Å². The highest BCUT2D eigenvalue weighted by Crippen LogP contribution is 2.23. The lowest BCUT2D eigenvalue weighted by Crippen LogP contribution is -2.19. The number of aromatic nitrogens is 2. The number of halogens is 1. The molecule has 0 atom stereocenters. The van der Waals surface area contributed by atoms with Crippen molar-refractivity contribution in [3.05, 3.63) is 71.0 Å². The van der Waals surface area contributed by atoms with Crippen LogP contribution in [0.2, 0.25) is 5.02 Å². The van der Waals surface area contributed by atoms with Gasteiger partial charge < -0.3 is 15.8 Å². The number of carbonyl (C=O) groups is 2. The van der Waals surface area contributed by atoms with Crippen molar-refractivity contribution in [1.29, 1.82) is 0 Å². The highest BCUT2D eigenvalue weighted by molar-refractivity contribution is 6.30. The van der Waals surface area contributed by atoms with Gasteiger partial charge in [-0.05, 0) is 49.4 Å². The first-order valence-electron chi connectivity index (χ1n) is 8.17. The van der Waals surface area contributed by atoms with Crippen LogP contribution >= 0.6 is 11.6 Å². The SMILES string of the molecule is CCOc1ccc(NC(=O)c2ccn(-c3cccc(Cl)c3)n2)c(C(N)=O)c1. The van der Waals surface area contributed by atoms with E-state index >= 15 is 0 Å². The molecule has 2 aromatic carbocycles. The first-order chi connectivity index (χ1) is 13.0. The summed E-state index contributed by atoms with van der Waals surface area (Å²) in [5.41, 5.74) is 6.75. The highest BCUT2D eigenvalue weighted by atomic mass is 35.5. The van der Waals surface area contributed by atoms with E-state index < -0.39 is 11.8 Å². The van der Waals surface area contributed by atoms with Crippen LogP contribution in [0.15, 0.2) is 54.7 Å². The van der Waals surface area contributed by atoms with Gasteiger partial charge in [-0.3, -0.25) is 9.59 Å². The van der Waals surface area contributed by atoms with Gasteiger partial charge in [-0.1, -0.05) is 17.7 Å². The van der Waals surface area contributed by atoms with Gasteiger partial charge in [0.05, 0.1) is 23.5 Å². The molecule has 27 heavy (non-hydrogen) atoms. The van der Waals surface area contributed by atoms with Crippen molar-refractivity contribution in [3.63, 3.8) is 0 Å². The van der Waals surface area contributed by atoms with Gasteiger partial charge in [-0.25, -0.2) is 4.68 Å². The Kier molecular flexibility index (Phi) is 5.42. The number of rotatable bonds is 6. The maximum atomic E-state index is 12.5. The lowest BCUT2D eigenvalue weighted by molar-refractivity contribution is 0.100. The Morgan fingerprint density at radius 2 is 2.04 bits per heavy atom. The number of nitrogens with one attached hydrogen (secondary N) is 1. The summed E-state index contributed by atoms with van der Waals surface area (Å²) in [4.78, 5) is 24.2. The predicted octanol–water partition coefficient (Wildman–Crippen LogP) is 3.28. The van der Waals surface area contributed by atoms with E-state index in [2.05, 4.69) is 10.4 Å². The van der Waals surface area contributed by atoms with Gasteiger partial charge >= 0.3 is 0 Å². The van der Waals surface area contributed by atoms with Crippen LogP contribution in [0.25, 0.3) is 5.69 Å². The minimum Gasteiger partial charge on any atom is -0.494 e. The first-order valence-corrected chi connectivity index (χ1v) is 8.55. The third-order valence-electron chi connectivity index (χ3n) is 3.71. The van der Waals surface area contributed by atoms with E-state index in [1.54, 1.807) is 42.6 Å². The molecule has 3 N–H and O–H groups in total.